The summed E-state index contributed by atoms with van der Waals surface area (Å²) in [7, 11) is 1.59. The van der Waals surface area contributed by atoms with Gasteiger partial charge in [-0.15, -0.1) is 0 Å². The van der Waals surface area contributed by atoms with Gasteiger partial charge in [0.25, 0.3) is 5.22 Å². The summed E-state index contributed by atoms with van der Waals surface area (Å²) in [5, 5.41) is 3.18. The molecule has 0 saturated carbocycles. The predicted molar refractivity (Wildman–Crippen MR) is 74.0 cm³/mol. The number of amides is 1. The topological polar surface area (TPSA) is 90.4 Å². The van der Waals surface area contributed by atoms with Crippen molar-refractivity contribution in [2.75, 3.05) is 31.7 Å². The Morgan fingerprint density at radius 3 is 3.21 bits per heavy atom. The summed E-state index contributed by atoms with van der Waals surface area (Å²) >= 11 is 1.25. The number of nitrogens with zero attached hydrogens (tertiary/aromatic N) is 1. The van der Waals surface area contributed by atoms with Gasteiger partial charge in [-0.3, -0.25) is 4.79 Å². The van der Waals surface area contributed by atoms with Crippen molar-refractivity contribution < 1.29 is 13.9 Å². The minimum Gasteiger partial charge on any atom is -0.431 e. The largest absolute Gasteiger partial charge is 0.431 e. The van der Waals surface area contributed by atoms with E-state index >= 15 is 0 Å². The lowest BCUT2D eigenvalue weighted by Crippen LogP contribution is -2.28. The lowest BCUT2D eigenvalue weighted by Gasteiger charge is -2.02. The summed E-state index contributed by atoms with van der Waals surface area (Å²) in [4.78, 5) is 15.7. The smallest absolute Gasteiger partial charge is 0.257 e. The Labute approximate surface area is 114 Å². The van der Waals surface area contributed by atoms with Crippen LogP contribution in [0.5, 0.6) is 0 Å². The second kappa shape index (κ2) is 6.44. The first-order chi connectivity index (χ1) is 9.19. The Kier molecular flexibility index (Phi) is 4.64. The molecule has 3 N–H and O–H groups in total. The molecular weight excluding hydrogens is 266 g/mol. The molecule has 0 bridgehead atoms. The molecule has 0 atom stereocenters. The van der Waals surface area contributed by atoms with Crippen LogP contribution in [-0.2, 0) is 9.53 Å². The number of anilines is 1. The highest BCUT2D eigenvalue weighted by molar-refractivity contribution is 7.99. The zero-order valence-electron chi connectivity index (χ0n) is 10.5. The molecule has 102 valence electrons. The average molecular weight is 281 g/mol. The minimum absolute atomic E-state index is 0.0798. The summed E-state index contributed by atoms with van der Waals surface area (Å²) in [5.41, 5.74) is 7.64. The molecule has 0 aliphatic rings. The molecule has 0 unspecified atom stereocenters. The maximum Gasteiger partial charge on any atom is 0.257 e. The molecule has 0 radical (unpaired) electrons. The molecule has 6 nitrogen and oxygen atoms in total. The zero-order valence-corrected chi connectivity index (χ0v) is 11.3. The molecule has 2 aromatic rings. The molecule has 0 aliphatic heterocycles. The quantitative estimate of drug-likeness (QED) is 0.471. The molecule has 0 fully saturated rings. The molecule has 0 aliphatic carbocycles. The standard InChI is InChI=1S/C12H15N3O3S/c1-17-5-4-14-11(16)7-19-12-15-9-3-2-8(13)6-10(9)18-12/h2-3,6H,4-5,7,13H2,1H3,(H,14,16). The maximum absolute atomic E-state index is 11.5. The van der Waals surface area contributed by atoms with Gasteiger partial charge in [0.1, 0.15) is 5.52 Å². The molecule has 1 heterocycles. The van der Waals surface area contributed by atoms with Crippen molar-refractivity contribution in [3.8, 4) is 0 Å². The van der Waals surface area contributed by atoms with E-state index < -0.39 is 0 Å². The van der Waals surface area contributed by atoms with E-state index in [1.807, 2.05) is 0 Å². The fourth-order valence-corrected chi connectivity index (χ4v) is 2.12. The number of hydrogen-bond acceptors (Lipinski definition) is 6. The van der Waals surface area contributed by atoms with Crippen LogP contribution in [0.2, 0.25) is 0 Å². The van der Waals surface area contributed by atoms with Crippen molar-refractivity contribution >= 4 is 34.5 Å². The Morgan fingerprint density at radius 2 is 2.42 bits per heavy atom. The Balaban J connectivity index is 1.89. The number of thioether (sulfide) groups is 1. The van der Waals surface area contributed by atoms with E-state index in [4.69, 9.17) is 14.9 Å². The molecule has 1 amide bonds. The summed E-state index contributed by atoms with van der Waals surface area (Å²) in [6.07, 6.45) is 0. The fraction of sp³-hybridized carbons (Fsp3) is 0.333. The number of methoxy groups -OCH3 is 1. The van der Waals surface area contributed by atoms with Crippen LogP contribution in [-0.4, -0.2) is 36.9 Å². The van der Waals surface area contributed by atoms with Crippen LogP contribution >= 0.6 is 11.8 Å². The fourth-order valence-electron chi connectivity index (χ4n) is 1.45. The van der Waals surface area contributed by atoms with Crippen LogP contribution < -0.4 is 11.1 Å². The van der Waals surface area contributed by atoms with Gasteiger partial charge in [0.05, 0.1) is 12.4 Å². The van der Waals surface area contributed by atoms with Gasteiger partial charge in [0.2, 0.25) is 5.91 Å². The maximum atomic E-state index is 11.5. The van der Waals surface area contributed by atoms with Crippen molar-refractivity contribution in [2.45, 2.75) is 5.22 Å². The van der Waals surface area contributed by atoms with Crippen molar-refractivity contribution in [2.24, 2.45) is 0 Å². The van der Waals surface area contributed by atoms with Gasteiger partial charge >= 0.3 is 0 Å². The molecule has 0 spiro atoms. The van der Waals surface area contributed by atoms with E-state index in [1.54, 1.807) is 25.3 Å². The number of nitrogens with one attached hydrogen (secondary N) is 1. The number of nitrogens with two attached hydrogens (primary N) is 1. The molecule has 7 heteroatoms. The average Bonchev–Trinajstić information content (AvgIpc) is 2.78. The normalized spacial score (nSPS) is 10.8. The number of carbonyl (C=O) groups excluding carboxylic acids is 1. The number of nitrogen functional groups attached to an aromatic ring is 1. The Bertz CT molecular complexity index is 570. The third kappa shape index (κ3) is 3.87. The lowest BCUT2D eigenvalue weighted by molar-refractivity contribution is -0.118. The van der Waals surface area contributed by atoms with Crippen molar-refractivity contribution in [1.82, 2.24) is 10.3 Å². The molecule has 1 aromatic heterocycles. The van der Waals surface area contributed by atoms with Crippen LogP contribution in [0.3, 0.4) is 0 Å². The second-order valence-corrected chi connectivity index (χ2v) is 4.76. The van der Waals surface area contributed by atoms with Crippen molar-refractivity contribution in [1.29, 1.82) is 0 Å². The number of carbonyl (C=O) groups is 1. The number of benzene rings is 1. The highest BCUT2D eigenvalue weighted by Gasteiger charge is 2.09. The third-order valence-corrected chi connectivity index (χ3v) is 3.18. The van der Waals surface area contributed by atoms with Crippen LogP contribution in [0.4, 0.5) is 5.69 Å². The van der Waals surface area contributed by atoms with Gasteiger partial charge in [0.15, 0.2) is 5.58 Å². The molecule has 0 saturated heterocycles. The van der Waals surface area contributed by atoms with Gasteiger partial charge in [-0.05, 0) is 12.1 Å². The molecular formula is C12H15N3O3S. The minimum atomic E-state index is -0.0798. The third-order valence-electron chi connectivity index (χ3n) is 2.35. The van der Waals surface area contributed by atoms with Crippen LogP contribution in [0.1, 0.15) is 0 Å². The molecule has 1 aromatic carbocycles. The van der Waals surface area contributed by atoms with Gasteiger partial charge in [-0.25, -0.2) is 4.98 Å². The first-order valence-corrected chi connectivity index (χ1v) is 6.72. The monoisotopic (exact) mass is 281 g/mol. The number of hydrogen-bond donors (Lipinski definition) is 2. The first-order valence-electron chi connectivity index (χ1n) is 5.73. The summed E-state index contributed by atoms with van der Waals surface area (Å²) in [6.45, 7) is 0.999. The van der Waals surface area contributed by atoms with E-state index in [1.165, 1.54) is 11.8 Å². The van der Waals surface area contributed by atoms with E-state index in [2.05, 4.69) is 10.3 Å². The predicted octanol–water partition coefficient (Wildman–Crippen LogP) is 1.26. The number of aromatic nitrogens is 1. The zero-order chi connectivity index (χ0) is 13.7. The van der Waals surface area contributed by atoms with Crippen LogP contribution in [0.15, 0.2) is 27.8 Å². The van der Waals surface area contributed by atoms with E-state index in [0.717, 1.165) is 5.52 Å². The van der Waals surface area contributed by atoms with Gasteiger partial charge in [-0.2, -0.15) is 0 Å². The van der Waals surface area contributed by atoms with Crippen molar-refractivity contribution in [3.05, 3.63) is 18.2 Å². The van der Waals surface area contributed by atoms with Crippen LogP contribution in [0.25, 0.3) is 11.1 Å². The molecule has 2 rings (SSSR count). The highest BCUT2D eigenvalue weighted by Crippen LogP contribution is 2.24. The summed E-state index contributed by atoms with van der Waals surface area (Å²) in [6, 6.07) is 5.26. The molecule has 19 heavy (non-hydrogen) atoms. The number of fused-ring (bicyclic) bond motifs is 1. The van der Waals surface area contributed by atoms with Crippen LogP contribution in [0, 0.1) is 0 Å². The van der Waals surface area contributed by atoms with Crippen molar-refractivity contribution in [3.63, 3.8) is 0 Å². The number of oxazole rings is 1. The number of rotatable bonds is 6. The SMILES string of the molecule is COCCNC(=O)CSc1nc2ccc(N)cc2o1. The first kappa shape index (κ1) is 13.7. The van der Waals surface area contributed by atoms with E-state index in [0.29, 0.717) is 29.6 Å². The lowest BCUT2D eigenvalue weighted by atomic mass is 10.3. The van der Waals surface area contributed by atoms with Gasteiger partial charge < -0.3 is 20.2 Å². The van der Waals surface area contributed by atoms with E-state index in [-0.39, 0.29) is 11.7 Å². The van der Waals surface area contributed by atoms with E-state index in [9.17, 15) is 4.79 Å². The van der Waals surface area contributed by atoms with Gasteiger partial charge in [0, 0.05) is 25.4 Å². The highest BCUT2D eigenvalue weighted by atomic mass is 32.2. The Hall–Kier alpha value is -1.73. The number of ether oxygens (including phenoxy) is 1. The summed E-state index contributed by atoms with van der Waals surface area (Å²) in [5.74, 6) is 0.176. The summed E-state index contributed by atoms with van der Waals surface area (Å²) < 4.78 is 10.3. The Morgan fingerprint density at radius 1 is 1.58 bits per heavy atom. The second-order valence-electron chi connectivity index (χ2n) is 3.84. The van der Waals surface area contributed by atoms with Gasteiger partial charge in [-0.1, -0.05) is 11.8 Å².